The van der Waals surface area contributed by atoms with Crippen LogP contribution in [0.15, 0.2) is 46.9 Å². The molecule has 1 amide bonds. The number of ether oxygens (including phenoxy) is 1. The molecule has 2 aromatic carbocycles. The SMILES string of the molecule is Cc1ccc(OCC(=O)N(CCCN(C)C)c2nc3ccc(Br)cc3s2)cc1. The van der Waals surface area contributed by atoms with Gasteiger partial charge in [-0.25, -0.2) is 4.98 Å². The molecule has 0 saturated carbocycles. The van der Waals surface area contributed by atoms with Crippen LogP contribution in [0, 0.1) is 6.92 Å². The number of rotatable bonds is 8. The third kappa shape index (κ3) is 5.53. The molecule has 0 unspecified atom stereocenters. The van der Waals surface area contributed by atoms with Gasteiger partial charge in [-0.1, -0.05) is 45.0 Å². The first kappa shape index (κ1) is 20.8. The Balaban J connectivity index is 1.76. The Morgan fingerprint density at radius 2 is 1.89 bits per heavy atom. The maximum Gasteiger partial charge on any atom is 0.266 e. The van der Waals surface area contributed by atoms with E-state index in [0.29, 0.717) is 17.4 Å². The normalized spacial score (nSPS) is 11.2. The molecule has 0 bridgehead atoms. The lowest BCUT2D eigenvalue weighted by atomic mass is 10.2. The minimum atomic E-state index is -0.0857. The van der Waals surface area contributed by atoms with Gasteiger partial charge < -0.3 is 9.64 Å². The smallest absolute Gasteiger partial charge is 0.266 e. The van der Waals surface area contributed by atoms with Crippen molar-refractivity contribution in [3.8, 4) is 5.75 Å². The molecule has 1 heterocycles. The van der Waals surface area contributed by atoms with Crippen molar-refractivity contribution in [3.63, 3.8) is 0 Å². The predicted molar refractivity (Wildman–Crippen MR) is 120 cm³/mol. The van der Waals surface area contributed by atoms with Crippen molar-refractivity contribution >= 4 is 48.5 Å². The van der Waals surface area contributed by atoms with E-state index in [2.05, 4.69) is 25.8 Å². The van der Waals surface area contributed by atoms with Crippen LogP contribution in [0.1, 0.15) is 12.0 Å². The van der Waals surface area contributed by atoms with E-state index in [1.54, 1.807) is 4.90 Å². The Morgan fingerprint density at radius 1 is 1.14 bits per heavy atom. The number of carbonyl (C=O) groups is 1. The number of fused-ring (bicyclic) bond motifs is 1. The number of hydrogen-bond acceptors (Lipinski definition) is 5. The maximum atomic E-state index is 12.9. The Kier molecular flexibility index (Phi) is 7.04. The lowest BCUT2D eigenvalue weighted by molar-refractivity contribution is -0.120. The first-order valence-electron chi connectivity index (χ1n) is 9.13. The molecule has 3 aromatic rings. The third-order valence-corrected chi connectivity index (χ3v) is 5.78. The molecule has 0 aliphatic rings. The summed E-state index contributed by atoms with van der Waals surface area (Å²) in [6, 6.07) is 13.7. The number of hydrogen-bond donors (Lipinski definition) is 0. The highest BCUT2D eigenvalue weighted by atomic mass is 79.9. The summed E-state index contributed by atoms with van der Waals surface area (Å²) >= 11 is 5.02. The van der Waals surface area contributed by atoms with Crippen molar-refractivity contribution in [2.45, 2.75) is 13.3 Å². The van der Waals surface area contributed by atoms with Crippen molar-refractivity contribution in [3.05, 3.63) is 52.5 Å². The van der Waals surface area contributed by atoms with Crippen LogP contribution in [0.4, 0.5) is 5.13 Å². The lowest BCUT2D eigenvalue weighted by Crippen LogP contribution is -2.36. The second-order valence-corrected chi connectivity index (χ2v) is 8.84. The summed E-state index contributed by atoms with van der Waals surface area (Å²) in [5.74, 6) is 0.609. The lowest BCUT2D eigenvalue weighted by Gasteiger charge is -2.21. The molecular formula is C21H24BrN3O2S. The molecule has 28 heavy (non-hydrogen) atoms. The highest BCUT2D eigenvalue weighted by Gasteiger charge is 2.20. The molecule has 7 heteroatoms. The first-order chi connectivity index (χ1) is 13.4. The minimum Gasteiger partial charge on any atom is -0.484 e. The van der Waals surface area contributed by atoms with Gasteiger partial charge in [0.05, 0.1) is 10.2 Å². The Morgan fingerprint density at radius 3 is 2.61 bits per heavy atom. The van der Waals surface area contributed by atoms with Gasteiger partial charge in [-0.15, -0.1) is 0 Å². The van der Waals surface area contributed by atoms with E-state index >= 15 is 0 Å². The number of anilines is 1. The summed E-state index contributed by atoms with van der Waals surface area (Å²) in [5.41, 5.74) is 2.05. The van der Waals surface area contributed by atoms with E-state index in [9.17, 15) is 4.79 Å². The molecule has 0 atom stereocenters. The fraction of sp³-hybridized carbons (Fsp3) is 0.333. The third-order valence-electron chi connectivity index (χ3n) is 4.24. The van der Waals surface area contributed by atoms with E-state index < -0.39 is 0 Å². The summed E-state index contributed by atoms with van der Waals surface area (Å²) in [5, 5.41) is 0.712. The molecule has 148 valence electrons. The molecule has 1 aromatic heterocycles. The number of aromatic nitrogens is 1. The van der Waals surface area contributed by atoms with E-state index in [1.165, 1.54) is 11.3 Å². The van der Waals surface area contributed by atoms with Crippen molar-refractivity contribution in [1.82, 2.24) is 9.88 Å². The zero-order valence-electron chi connectivity index (χ0n) is 16.3. The maximum absolute atomic E-state index is 12.9. The van der Waals surface area contributed by atoms with Crippen LogP contribution in [-0.4, -0.2) is 49.6 Å². The standard InChI is InChI=1S/C21H24BrN3O2S/c1-15-5-8-17(9-6-15)27-14-20(26)25(12-4-11-24(2)3)21-23-18-10-7-16(22)13-19(18)28-21/h5-10,13H,4,11-12,14H2,1-3H3. The van der Waals surface area contributed by atoms with Crippen LogP contribution in [0.5, 0.6) is 5.75 Å². The van der Waals surface area contributed by atoms with E-state index in [-0.39, 0.29) is 12.5 Å². The van der Waals surface area contributed by atoms with Crippen molar-refractivity contribution in [1.29, 1.82) is 0 Å². The van der Waals surface area contributed by atoms with Crippen LogP contribution in [0.3, 0.4) is 0 Å². The monoisotopic (exact) mass is 461 g/mol. The van der Waals surface area contributed by atoms with Gasteiger partial charge in [0.2, 0.25) is 0 Å². The fourth-order valence-electron chi connectivity index (χ4n) is 2.73. The van der Waals surface area contributed by atoms with Crippen molar-refractivity contribution in [2.75, 3.05) is 38.7 Å². The van der Waals surface area contributed by atoms with Crippen LogP contribution < -0.4 is 9.64 Å². The van der Waals surface area contributed by atoms with Crippen LogP contribution >= 0.6 is 27.3 Å². The summed E-state index contributed by atoms with van der Waals surface area (Å²) in [6.07, 6.45) is 0.864. The molecule has 0 saturated heterocycles. The van der Waals surface area contributed by atoms with Gasteiger partial charge in [-0.2, -0.15) is 0 Å². The number of thiazole rings is 1. The zero-order valence-corrected chi connectivity index (χ0v) is 18.7. The van der Waals surface area contributed by atoms with Crippen molar-refractivity contribution < 1.29 is 9.53 Å². The highest BCUT2D eigenvalue weighted by molar-refractivity contribution is 9.10. The minimum absolute atomic E-state index is 0.00928. The van der Waals surface area contributed by atoms with Gasteiger partial charge in [-0.05, 0) is 64.3 Å². The van der Waals surface area contributed by atoms with Gasteiger partial charge in [0.25, 0.3) is 5.91 Å². The Hall–Kier alpha value is -1.96. The second kappa shape index (κ2) is 9.49. The average molecular weight is 462 g/mol. The number of benzene rings is 2. The van der Waals surface area contributed by atoms with Gasteiger partial charge in [0.1, 0.15) is 5.75 Å². The van der Waals surface area contributed by atoms with Crippen LogP contribution in [0.25, 0.3) is 10.2 Å². The first-order valence-corrected chi connectivity index (χ1v) is 10.7. The summed E-state index contributed by atoms with van der Waals surface area (Å²) in [6.45, 7) is 3.52. The molecule has 0 fully saturated rings. The molecule has 0 aliphatic carbocycles. The number of halogens is 1. The number of aryl methyl sites for hydroxylation is 1. The molecule has 0 radical (unpaired) electrons. The topological polar surface area (TPSA) is 45.7 Å². The van der Waals surface area contributed by atoms with E-state index in [1.807, 2.05) is 63.5 Å². The predicted octanol–water partition coefficient (Wildman–Crippen LogP) is 4.73. The largest absolute Gasteiger partial charge is 0.484 e. The summed E-state index contributed by atoms with van der Waals surface area (Å²) in [4.78, 5) is 21.5. The Bertz CT molecular complexity index is 940. The number of carbonyl (C=O) groups excluding carboxylic acids is 1. The molecule has 0 aliphatic heterocycles. The van der Waals surface area contributed by atoms with Gasteiger partial charge in [-0.3, -0.25) is 9.69 Å². The van der Waals surface area contributed by atoms with E-state index in [4.69, 9.17) is 4.74 Å². The summed E-state index contributed by atoms with van der Waals surface area (Å²) in [7, 11) is 4.06. The number of amides is 1. The highest BCUT2D eigenvalue weighted by Crippen LogP contribution is 2.31. The molecule has 3 rings (SSSR count). The molecule has 0 spiro atoms. The Labute approximate surface area is 178 Å². The molecule has 0 N–H and O–H groups in total. The zero-order chi connectivity index (χ0) is 20.1. The fourth-order valence-corrected chi connectivity index (χ4v) is 4.29. The van der Waals surface area contributed by atoms with Gasteiger partial charge in [0.15, 0.2) is 11.7 Å². The molecular weight excluding hydrogens is 438 g/mol. The molecule has 5 nitrogen and oxygen atoms in total. The summed E-state index contributed by atoms with van der Waals surface area (Å²) < 4.78 is 7.77. The van der Waals surface area contributed by atoms with E-state index in [0.717, 1.165) is 33.2 Å². The quantitative estimate of drug-likeness (QED) is 0.486. The van der Waals surface area contributed by atoms with Crippen LogP contribution in [-0.2, 0) is 4.79 Å². The second-order valence-electron chi connectivity index (χ2n) is 6.91. The van der Waals surface area contributed by atoms with Gasteiger partial charge in [0, 0.05) is 11.0 Å². The number of nitrogens with zero attached hydrogens (tertiary/aromatic N) is 3. The van der Waals surface area contributed by atoms with Gasteiger partial charge >= 0.3 is 0 Å². The van der Waals surface area contributed by atoms with Crippen molar-refractivity contribution in [2.24, 2.45) is 0 Å². The van der Waals surface area contributed by atoms with Crippen LogP contribution in [0.2, 0.25) is 0 Å². The average Bonchev–Trinajstić information content (AvgIpc) is 3.07.